The summed E-state index contributed by atoms with van der Waals surface area (Å²) in [4.78, 5) is 4.09. The molecule has 0 bridgehead atoms. The summed E-state index contributed by atoms with van der Waals surface area (Å²) in [5.41, 5.74) is 10.6. The van der Waals surface area contributed by atoms with E-state index in [1.165, 1.54) is 6.07 Å². The molecule has 338 valence electrons. The number of nitrogens with zero attached hydrogens (tertiary/aromatic N) is 6. The van der Waals surface area contributed by atoms with Crippen molar-refractivity contribution in [3.63, 3.8) is 0 Å². The topological polar surface area (TPSA) is 47.9 Å². The largest absolute Gasteiger partial charge is 0.416 e. The Morgan fingerprint density at radius 3 is 1.11 bits per heavy atom. The standard InChI is InChI=1S/C63H35F3N6/c1-68-52-36-62(72-58-25-13-7-19-48(58)50-31-28-41(34-60(50)72)70-55-22-10-4-16-45(55)46-17-5-11-23-56(46)70)61(35-51(52)42-29-26-39(63(64,65)66)32-38(42)37-67)71-57-24-12-6-18-47(57)49-30-27-40(33-59(49)71)69-53-20-8-2-14-43(53)44-15-3-9-21-54(44)69/h2-36H. The second-order valence-electron chi connectivity index (χ2n) is 18.2. The van der Waals surface area contributed by atoms with Gasteiger partial charge in [0, 0.05) is 54.5 Å². The number of alkyl halides is 3. The maximum atomic E-state index is 14.2. The minimum atomic E-state index is -4.67. The van der Waals surface area contributed by atoms with Crippen molar-refractivity contribution >= 4 is 92.9 Å². The second-order valence-corrected chi connectivity index (χ2v) is 18.2. The number of hydrogen-bond donors (Lipinski definition) is 0. The minimum absolute atomic E-state index is 0.182. The molecule has 72 heavy (non-hydrogen) atoms. The van der Waals surface area contributed by atoms with Crippen molar-refractivity contribution in [1.29, 1.82) is 5.26 Å². The van der Waals surface area contributed by atoms with Gasteiger partial charge >= 0.3 is 6.18 Å². The predicted molar refractivity (Wildman–Crippen MR) is 285 cm³/mol. The van der Waals surface area contributed by atoms with Crippen molar-refractivity contribution in [3.05, 3.63) is 235 Å². The molecule has 0 N–H and O–H groups in total. The van der Waals surface area contributed by atoms with Gasteiger partial charge in [0.1, 0.15) is 0 Å². The number of nitriles is 1. The average Bonchev–Trinajstić information content (AvgIpc) is 4.15. The summed E-state index contributed by atoms with van der Waals surface area (Å²) in [6.07, 6.45) is -4.67. The Morgan fingerprint density at radius 2 is 0.736 bits per heavy atom. The molecule has 0 saturated heterocycles. The highest BCUT2D eigenvalue weighted by molar-refractivity contribution is 6.15. The van der Waals surface area contributed by atoms with E-state index in [0.29, 0.717) is 16.9 Å². The quantitative estimate of drug-likeness (QED) is 0.159. The number of fused-ring (bicyclic) bond motifs is 12. The fourth-order valence-corrected chi connectivity index (χ4v) is 11.4. The molecule has 9 heteroatoms. The summed E-state index contributed by atoms with van der Waals surface area (Å²) in [7, 11) is 0. The van der Waals surface area contributed by atoms with Crippen LogP contribution < -0.4 is 0 Å². The van der Waals surface area contributed by atoms with Gasteiger partial charge < -0.3 is 18.3 Å². The van der Waals surface area contributed by atoms with Crippen LogP contribution in [0, 0.1) is 17.9 Å². The fraction of sp³-hybridized carbons (Fsp3) is 0.0159. The molecular formula is C63H35F3N6. The van der Waals surface area contributed by atoms with Crippen LogP contribution in [0.15, 0.2) is 212 Å². The molecule has 14 rings (SSSR count). The van der Waals surface area contributed by atoms with Gasteiger partial charge in [0.25, 0.3) is 0 Å². The predicted octanol–water partition coefficient (Wildman–Crippen LogP) is 17.2. The molecule has 14 aromatic rings. The van der Waals surface area contributed by atoms with E-state index < -0.39 is 11.7 Å². The average molecular weight is 933 g/mol. The molecule has 0 radical (unpaired) electrons. The Bertz CT molecular complexity index is 4610. The molecule has 0 saturated carbocycles. The minimum Gasteiger partial charge on any atom is -0.309 e. The van der Waals surface area contributed by atoms with E-state index in [4.69, 9.17) is 6.57 Å². The lowest BCUT2D eigenvalue weighted by atomic mass is 9.95. The van der Waals surface area contributed by atoms with Gasteiger partial charge in [0.05, 0.1) is 79.3 Å². The van der Waals surface area contributed by atoms with Crippen molar-refractivity contribution in [3.8, 4) is 39.9 Å². The van der Waals surface area contributed by atoms with Gasteiger partial charge in [-0.15, -0.1) is 0 Å². The molecule has 0 amide bonds. The molecule has 4 aromatic heterocycles. The molecule has 0 spiro atoms. The monoisotopic (exact) mass is 932 g/mol. The lowest BCUT2D eigenvalue weighted by Gasteiger charge is -2.21. The molecule has 0 aliphatic heterocycles. The summed E-state index contributed by atoms with van der Waals surface area (Å²) in [5, 5.41) is 19.0. The van der Waals surface area contributed by atoms with Crippen LogP contribution in [-0.4, -0.2) is 18.3 Å². The van der Waals surface area contributed by atoms with E-state index in [-0.39, 0.29) is 16.8 Å². The zero-order valence-electron chi connectivity index (χ0n) is 38.0. The van der Waals surface area contributed by atoms with E-state index in [9.17, 15) is 18.4 Å². The highest BCUT2D eigenvalue weighted by Crippen LogP contribution is 2.46. The first-order valence-electron chi connectivity index (χ1n) is 23.5. The lowest BCUT2D eigenvalue weighted by Crippen LogP contribution is -2.06. The molecule has 10 aromatic carbocycles. The van der Waals surface area contributed by atoms with Crippen molar-refractivity contribution in [2.24, 2.45) is 0 Å². The summed E-state index contributed by atoms with van der Waals surface area (Å²) < 4.78 is 51.6. The number of benzene rings is 10. The van der Waals surface area contributed by atoms with Crippen LogP contribution in [0.5, 0.6) is 0 Å². The van der Waals surface area contributed by atoms with Crippen molar-refractivity contribution in [2.75, 3.05) is 0 Å². The molecule has 6 nitrogen and oxygen atoms in total. The van der Waals surface area contributed by atoms with Crippen LogP contribution >= 0.6 is 0 Å². The second kappa shape index (κ2) is 15.3. The first kappa shape index (κ1) is 41.2. The Morgan fingerprint density at radius 1 is 0.375 bits per heavy atom. The van der Waals surface area contributed by atoms with Gasteiger partial charge in [-0.3, -0.25) is 0 Å². The maximum absolute atomic E-state index is 14.2. The molecule has 0 unspecified atom stereocenters. The molecule has 0 fully saturated rings. The van der Waals surface area contributed by atoms with Crippen LogP contribution in [0.3, 0.4) is 0 Å². The van der Waals surface area contributed by atoms with Crippen LogP contribution in [0.4, 0.5) is 18.9 Å². The Balaban J connectivity index is 1.12. The molecule has 0 aliphatic carbocycles. The molecule has 4 heterocycles. The first-order chi connectivity index (χ1) is 35.3. The van der Waals surface area contributed by atoms with Crippen molar-refractivity contribution in [1.82, 2.24) is 18.3 Å². The number of halogens is 3. The third-order valence-corrected chi connectivity index (χ3v) is 14.4. The van der Waals surface area contributed by atoms with Gasteiger partial charge in [-0.2, -0.15) is 18.4 Å². The number of aromatic nitrogens is 4. The number of rotatable bonds is 5. The summed E-state index contributed by atoms with van der Waals surface area (Å²) in [6.45, 7) is 8.72. The van der Waals surface area contributed by atoms with E-state index in [2.05, 4.69) is 181 Å². The Labute approximate surface area is 408 Å². The number of hydrogen-bond acceptors (Lipinski definition) is 1. The van der Waals surface area contributed by atoms with Crippen LogP contribution in [-0.2, 0) is 6.18 Å². The van der Waals surface area contributed by atoms with Crippen molar-refractivity contribution in [2.45, 2.75) is 6.18 Å². The zero-order valence-corrected chi connectivity index (χ0v) is 38.0. The third-order valence-electron chi connectivity index (χ3n) is 14.4. The van der Waals surface area contributed by atoms with Crippen molar-refractivity contribution < 1.29 is 13.2 Å². The SMILES string of the molecule is [C-]#[N+]c1cc(-n2c3ccccc3c3ccc(-n4c5ccccc5c5ccccc54)cc32)c(-n2c3ccccc3c3ccc(-n4c5ccccc5c5ccccc54)cc32)cc1-c1ccc(C(F)(F)F)cc1C#N. The summed E-state index contributed by atoms with van der Waals surface area (Å²) in [6, 6.07) is 72.0. The maximum Gasteiger partial charge on any atom is 0.416 e. The smallest absolute Gasteiger partial charge is 0.309 e. The lowest BCUT2D eigenvalue weighted by molar-refractivity contribution is -0.137. The molecule has 0 atom stereocenters. The molecule has 0 aliphatic rings. The van der Waals surface area contributed by atoms with Crippen LogP contribution in [0.1, 0.15) is 11.1 Å². The van der Waals surface area contributed by atoms with Gasteiger partial charge in [-0.1, -0.05) is 127 Å². The normalized spacial score (nSPS) is 12.1. The van der Waals surface area contributed by atoms with Gasteiger partial charge in [-0.05, 0) is 96.1 Å². The Hall–Kier alpha value is -9.83. The highest BCUT2D eigenvalue weighted by Gasteiger charge is 2.32. The van der Waals surface area contributed by atoms with E-state index in [1.54, 1.807) is 0 Å². The third kappa shape index (κ3) is 5.89. The fourth-order valence-electron chi connectivity index (χ4n) is 11.4. The van der Waals surface area contributed by atoms with Gasteiger partial charge in [0.15, 0.2) is 5.69 Å². The highest BCUT2D eigenvalue weighted by atomic mass is 19.4. The molecular weight excluding hydrogens is 898 g/mol. The van der Waals surface area contributed by atoms with E-state index in [1.807, 2.05) is 42.5 Å². The van der Waals surface area contributed by atoms with E-state index >= 15 is 0 Å². The first-order valence-corrected chi connectivity index (χ1v) is 23.5. The van der Waals surface area contributed by atoms with Crippen LogP contribution in [0.2, 0.25) is 0 Å². The zero-order chi connectivity index (χ0) is 48.4. The summed E-state index contributed by atoms with van der Waals surface area (Å²) >= 11 is 0. The van der Waals surface area contributed by atoms with E-state index in [0.717, 1.165) is 111 Å². The Kier molecular flexibility index (Phi) is 8.77. The van der Waals surface area contributed by atoms with Gasteiger partial charge in [-0.25, -0.2) is 4.85 Å². The van der Waals surface area contributed by atoms with Gasteiger partial charge in [0.2, 0.25) is 0 Å². The van der Waals surface area contributed by atoms with Crippen LogP contribution in [0.25, 0.3) is 126 Å². The summed E-state index contributed by atoms with van der Waals surface area (Å²) in [5.74, 6) is 0. The number of para-hydroxylation sites is 6.